The lowest BCUT2D eigenvalue weighted by Crippen LogP contribution is -2.35. The summed E-state index contributed by atoms with van der Waals surface area (Å²) in [6.07, 6.45) is 8.30. The van der Waals surface area contributed by atoms with E-state index in [1.807, 2.05) is 5.51 Å². The van der Waals surface area contributed by atoms with E-state index >= 15 is 0 Å². The highest BCUT2D eigenvalue weighted by molar-refractivity contribution is 7.09. The van der Waals surface area contributed by atoms with Gasteiger partial charge in [0.15, 0.2) is 0 Å². The lowest BCUT2D eigenvalue weighted by molar-refractivity contribution is 0.283. The van der Waals surface area contributed by atoms with Gasteiger partial charge in [0.2, 0.25) is 0 Å². The van der Waals surface area contributed by atoms with Crippen molar-refractivity contribution >= 4 is 11.3 Å². The van der Waals surface area contributed by atoms with Crippen molar-refractivity contribution < 1.29 is 0 Å². The van der Waals surface area contributed by atoms with Crippen LogP contribution in [0.25, 0.3) is 0 Å². The average Bonchev–Trinajstić information content (AvgIpc) is 2.76. The maximum atomic E-state index is 4.29. The first-order valence-electron chi connectivity index (χ1n) is 6.89. The van der Waals surface area contributed by atoms with Crippen molar-refractivity contribution in [3.8, 4) is 0 Å². The van der Waals surface area contributed by atoms with E-state index < -0.39 is 0 Å². The minimum atomic E-state index is 0.684. The van der Waals surface area contributed by atoms with Crippen LogP contribution < -0.4 is 5.32 Å². The van der Waals surface area contributed by atoms with Crippen molar-refractivity contribution in [2.75, 3.05) is 6.54 Å². The first kappa shape index (κ1) is 13.0. The van der Waals surface area contributed by atoms with Crippen LogP contribution in [0, 0.1) is 12.8 Å². The number of nitrogens with one attached hydrogen (secondary N) is 1. The Labute approximate surface area is 109 Å². The minimum absolute atomic E-state index is 0.684. The van der Waals surface area contributed by atoms with E-state index in [1.54, 1.807) is 11.3 Å². The van der Waals surface area contributed by atoms with Crippen LogP contribution in [0.3, 0.4) is 0 Å². The van der Waals surface area contributed by atoms with E-state index in [9.17, 15) is 0 Å². The molecule has 1 atom stereocenters. The quantitative estimate of drug-likeness (QED) is 0.867. The van der Waals surface area contributed by atoms with Crippen LogP contribution in [0.1, 0.15) is 49.6 Å². The van der Waals surface area contributed by atoms with E-state index in [4.69, 9.17) is 0 Å². The van der Waals surface area contributed by atoms with Gasteiger partial charge in [0, 0.05) is 17.5 Å². The standard InChI is InChI=1S/C14H24N2S/c1-11(13-6-4-3-5-7-13)15-9-8-14-12(2)16-10-17-14/h10-11,13,15H,3-9H2,1-2H3. The van der Waals surface area contributed by atoms with Gasteiger partial charge in [0.05, 0.1) is 11.2 Å². The molecule has 1 aromatic heterocycles. The third-order valence-corrected chi connectivity index (χ3v) is 5.02. The van der Waals surface area contributed by atoms with E-state index in [1.165, 1.54) is 42.7 Å². The molecule has 17 heavy (non-hydrogen) atoms. The fraction of sp³-hybridized carbons (Fsp3) is 0.786. The van der Waals surface area contributed by atoms with Crippen molar-refractivity contribution in [1.29, 1.82) is 0 Å². The third-order valence-electron chi connectivity index (χ3n) is 4.02. The van der Waals surface area contributed by atoms with E-state index in [0.717, 1.165) is 18.9 Å². The van der Waals surface area contributed by atoms with Crippen molar-refractivity contribution in [2.45, 2.75) is 58.4 Å². The Bertz CT molecular complexity index is 329. The van der Waals surface area contributed by atoms with Gasteiger partial charge in [-0.25, -0.2) is 4.98 Å². The molecule has 1 aliphatic carbocycles. The van der Waals surface area contributed by atoms with Gasteiger partial charge in [-0.3, -0.25) is 0 Å². The van der Waals surface area contributed by atoms with Gasteiger partial charge >= 0.3 is 0 Å². The molecule has 3 heteroatoms. The topological polar surface area (TPSA) is 24.9 Å². The summed E-state index contributed by atoms with van der Waals surface area (Å²) in [6, 6.07) is 0.684. The Morgan fingerprint density at radius 1 is 1.41 bits per heavy atom. The Balaban J connectivity index is 1.69. The van der Waals surface area contributed by atoms with Crippen molar-refractivity contribution in [3.05, 3.63) is 16.1 Å². The molecule has 2 nitrogen and oxygen atoms in total. The molecule has 1 aromatic rings. The lowest BCUT2D eigenvalue weighted by atomic mass is 9.84. The highest BCUT2D eigenvalue weighted by Crippen LogP contribution is 2.26. The summed E-state index contributed by atoms with van der Waals surface area (Å²) in [4.78, 5) is 5.73. The largest absolute Gasteiger partial charge is 0.314 e. The predicted molar refractivity (Wildman–Crippen MR) is 74.6 cm³/mol. The fourth-order valence-corrected chi connectivity index (χ4v) is 3.56. The number of nitrogens with zero attached hydrogens (tertiary/aromatic N) is 1. The Morgan fingerprint density at radius 2 is 2.18 bits per heavy atom. The second-order valence-corrected chi connectivity index (χ2v) is 6.19. The molecule has 0 spiro atoms. The summed E-state index contributed by atoms with van der Waals surface area (Å²) < 4.78 is 0. The molecule has 0 radical (unpaired) electrons. The molecule has 0 bridgehead atoms. The highest BCUT2D eigenvalue weighted by atomic mass is 32.1. The summed E-state index contributed by atoms with van der Waals surface area (Å²) in [5, 5.41) is 3.70. The summed E-state index contributed by atoms with van der Waals surface area (Å²) in [6.45, 7) is 5.56. The van der Waals surface area contributed by atoms with Gasteiger partial charge in [0.1, 0.15) is 0 Å². The molecule has 1 N–H and O–H groups in total. The minimum Gasteiger partial charge on any atom is -0.314 e. The van der Waals surface area contributed by atoms with E-state index in [-0.39, 0.29) is 0 Å². The van der Waals surface area contributed by atoms with Crippen molar-refractivity contribution in [2.24, 2.45) is 5.92 Å². The second kappa shape index (κ2) is 6.50. The first-order chi connectivity index (χ1) is 8.27. The molecule has 0 aromatic carbocycles. The van der Waals surface area contributed by atoms with Gasteiger partial charge in [-0.15, -0.1) is 11.3 Å². The maximum Gasteiger partial charge on any atom is 0.0797 e. The monoisotopic (exact) mass is 252 g/mol. The van der Waals surface area contributed by atoms with Crippen molar-refractivity contribution in [3.63, 3.8) is 0 Å². The Hall–Kier alpha value is -0.410. The molecular weight excluding hydrogens is 228 g/mol. The van der Waals surface area contributed by atoms with Crippen LogP contribution in [0.5, 0.6) is 0 Å². The second-order valence-electron chi connectivity index (χ2n) is 5.25. The van der Waals surface area contributed by atoms with Crippen LogP contribution in [-0.4, -0.2) is 17.6 Å². The average molecular weight is 252 g/mol. The van der Waals surface area contributed by atoms with Gasteiger partial charge in [-0.1, -0.05) is 19.3 Å². The zero-order valence-electron chi connectivity index (χ0n) is 11.0. The molecule has 1 saturated carbocycles. The molecule has 96 valence electrons. The number of hydrogen-bond acceptors (Lipinski definition) is 3. The molecule has 2 rings (SSSR count). The SMILES string of the molecule is Cc1ncsc1CCNC(C)C1CCCCC1. The molecule has 1 fully saturated rings. The normalized spacial score (nSPS) is 19.4. The number of rotatable bonds is 5. The van der Waals surface area contributed by atoms with Crippen molar-refractivity contribution in [1.82, 2.24) is 10.3 Å². The Morgan fingerprint density at radius 3 is 2.82 bits per heavy atom. The zero-order valence-corrected chi connectivity index (χ0v) is 11.9. The van der Waals surface area contributed by atoms with Gasteiger partial charge in [0.25, 0.3) is 0 Å². The Kier molecular flexibility index (Phi) is 4.99. The van der Waals surface area contributed by atoms with Gasteiger partial charge < -0.3 is 5.32 Å². The van der Waals surface area contributed by atoms with Gasteiger partial charge in [-0.2, -0.15) is 0 Å². The molecule has 0 amide bonds. The lowest BCUT2D eigenvalue weighted by Gasteiger charge is -2.28. The molecule has 1 unspecified atom stereocenters. The molecule has 0 aliphatic heterocycles. The fourth-order valence-electron chi connectivity index (χ4n) is 2.78. The molecule has 1 aliphatic rings. The summed E-state index contributed by atoms with van der Waals surface area (Å²) in [5.41, 5.74) is 3.16. The van der Waals surface area contributed by atoms with Crippen LogP contribution in [0.4, 0.5) is 0 Å². The maximum absolute atomic E-state index is 4.29. The molecule has 0 saturated heterocycles. The number of hydrogen-bond donors (Lipinski definition) is 1. The summed E-state index contributed by atoms with van der Waals surface area (Å²) >= 11 is 1.79. The first-order valence-corrected chi connectivity index (χ1v) is 7.77. The van der Waals surface area contributed by atoms with Gasteiger partial charge in [-0.05, 0) is 39.0 Å². The zero-order chi connectivity index (χ0) is 12.1. The summed E-state index contributed by atoms with van der Waals surface area (Å²) in [5.74, 6) is 0.909. The molecular formula is C14H24N2S. The number of aryl methyl sites for hydroxylation is 1. The van der Waals surface area contributed by atoms with E-state index in [0.29, 0.717) is 6.04 Å². The molecule has 1 heterocycles. The smallest absolute Gasteiger partial charge is 0.0797 e. The van der Waals surface area contributed by atoms with Crippen LogP contribution in [0.15, 0.2) is 5.51 Å². The van der Waals surface area contributed by atoms with E-state index in [2.05, 4.69) is 24.1 Å². The van der Waals surface area contributed by atoms with Crippen LogP contribution in [-0.2, 0) is 6.42 Å². The predicted octanol–water partition coefficient (Wildman–Crippen LogP) is 3.55. The van der Waals surface area contributed by atoms with Crippen LogP contribution >= 0.6 is 11.3 Å². The van der Waals surface area contributed by atoms with Crippen LogP contribution in [0.2, 0.25) is 0 Å². The highest BCUT2D eigenvalue weighted by Gasteiger charge is 2.19. The third kappa shape index (κ3) is 3.78. The summed E-state index contributed by atoms with van der Waals surface area (Å²) in [7, 11) is 0. The number of aromatic nitrogens is 1. The number of thiazole rings is 1.